The Morgan fingerprint density at radius 1 is 1.21 bits per heavy atom. The Balaban J connectivity index is 1.92. The highest BCUT2D eigenvalue weighted by atomic mass is 35.5. The van der Waals surface area contributed by atoms with E-state index in [1.165, 1.54) is 5.56 Å². The summed E-state index contributed by atoms with van der Waals surface area (Å²) in [6.07, 6.45) is 0. The van der Waals surface area contributed by atoms with E-state index >= 15 is 0 Å². The Morgan fingerprint density at radius 2 is 2.00 bits per heavy atom. The van der Waals surface area contributed by atoms with E-state index in [-0.39, 0.29) is 5.28 Å². The molecule has 19 heavy (non-hydrogen) atoms. The molecule has 5 heteroatoms. The lowest BCUT2D eigenvalue weighted by Crippen LogP contribution is -2.02. The molecule has 3 rings (SSSR count). The minimum atomic E-state index is 0.241. The van der Waals surface area contributed by atoms with Gasteiger partial charge in [-0.25, -0.2) is 4.98 Å². The van der Waals surface area contributed by atoms with Crippen LogP contribution in [-0.4, -0.2) is 15.0 Å². The van der Waals surface area contributed by atoms with Crippen molar-refractivity contribution in [3.05, 3.63) is 52.9 Å². The number of fused-ring (bicyclic) bond motifs is 1. The molecule has 0 atom stereocenters. The maximum atomic E-state index is 5.93. The van der Waals surface area contributed by atoms with Crippen molar-refractivity contribution in [3.63, 3.8) is 0 Å². The zero-order valence-electron chi connectivity index (χ0n) is 10.4. The predicted octanol–water partition coefficient (Wildman–Crippen LogP) is 3.53. The lowest BCUT2D eigenvalue weighted by Gasteiger charge is -2.06. The highest BCUT2D eigenvalue weighted by Gasteiger charge is 2.08. The summed E-state index contributed by atoms with van der Waals surface area (Å²) in [5.74, 6) is 0.753. The first-order chi connectivity index (χ1) is 9.22. The normalized spacial score (nSPS) is 10.8. The summed E-state index contributed by atoms with van der Waals surface area (Å²) in [7, 11) is 0. The summed E-state index contributed by atoms with van der Waals surface area (Å²) in [5.41, 5.74) is 2.99. The van der Waals surface area contributed by atoms with Crippen molar-refractivity contribution in [3.8, 4) is 0 Å². The van der Waals surface area contributed by atoms with Crippen LogP contribution in [0.1, 0.15) is 11.3 Å². The number of rotatable bonds is 3. The Hall–Kier alpha value is -2.07. The summed E-state index contributed by atoms with van der Waals surface area (Å²) in [5, 5.41) is 4.50. The molecule has 0 aliphatic rings. The molecule has 2 heterocycles. The SMILES string of the molecule is Cc1cc2c(NCc3ccccc3)nc(Cl)nc2[nH]1. The molecule has 2 N–H and O–H groups in total. The van der Waals surface area contributed by atoms with Crippen molar-refractivity contribution in [2.24, 2.45) is 0 Å². The van der Waals surface area contributed by atoms with Crippen LogP contribution >= 0.6 is 11.6 Å². The molecule has 0 fully saturated rings. The van der Waals surface area contributed by atoms with Crippen LogP contribution < -0.4 is 5.32 Å². The fraction of sp³-hybridized carbons (Fsp3) is 0.143. The molecule has 0 saturated heterocycles. The molecular weight excluding hydrogens is 260 g/mol. The van der Waals surface area contributed by atoms with Crippen molar-refractivity contribution >= 4 is 28.5 Å². The van der Waals surface area contributed by atoms with Crippen molar-refractivity contribution in [1.82, 2.24) is 15.0 Å². The molecule has 96 valence electrons. The van der Waals surface area contributed by atoms with E-state index in [1.54, 1.807) is 0 Å². The maximum Gasteiger partial charge on any atom is 0.226 e. The quantitative estimate of drug-likeness (QED) is 0.717. The number of halogens is 1. The predicted molar refractivity (Wildman–Crippen MR) is 77.4 cm³/mol. The number of anilines is 1. The summed E-state index contributed by atoms with van der Waals surface area (Å²) < 4.78 is 0. The van der Waals surface area contributed by atoms with Gasteiger partial charge in [0.2, 0.25) is 5.28 Å². The van der Waals surface area contributed by atoms with Gasteiger partial charge in [0, 0.05) is 12.2 Å². The standard InChI is InChI=1S/C14H13ClN4/c1-9-7-11-12(18-14(15)19-13(11)17-9)16-8-10-5-3-2-4-6-10/h2-7H,8H2,1H3,(H2,16,17,18,19). The molecule has 0 bridgehead atoms. The van der Waals surface area contributed by atoms with Gasteiger partial charge in [-0.1, -0.05) is 30.3 Å². The largest absolute Gasteiger partial charge is 0.365 e. The molecule has 1 aromatic carbocycles. The molecule has 4 nitrogen and oxygen atoms in total. The number of nitrogens with one attached hydrogen (secondary N) is 2. The third-order valence-corrected chi connectivity index (χ3v) is 3.07. The van der Waals surface area contributed by atoms with Crippen LogP contribution in [0.25, 0.3) is 11.0 Å². The van der Waals surface area contributed by atoms with Gasteiger partial charge in [-0.05, 0) is 30.2 Å². The van der Waals surface area contributed by atoms with Gasteiger partial charge >= 0.3 is 0 Å². The molecule has 0 radical (unpaired) electrons. The molecular formula is C14H13ClN4. The second-order valence-electron chi connectivity index (χ2n) is 4.40. The van der Waals surface area contributed by atoms with Crippen LogP contribution in [0, 0.1) is 6.92 Å². The smallest absolute Gasteiger partial charge is 0.226 e. The minimum absolute atomic E-state index is 0.241. The van der Waals surface area contributed by atoms with Crippen LogP contribution in [0.3, 0.4) is 0 Å². The van der Waals surface area contributed by atoms with E-state index in [4.69, 9.17) is 11.6 Å². The summed E-state index contributed by atoms with van der Waals surface area (Å²) in [6.45, 7) is 2.68. The number of aromatic nitrogens is 3. The van der Waals surface area contributed by atoms with Crippen LogP contribution in [0.2, 0.25) is 5.28 Å². The van der Waals surface area contributed by atoms with Crippen molar-refractivity contribution < 1.29 is 0 Å². The average Bonchev–Trinajstić information content (AvgIpc) is 2.77. The molecule has 2 aromatic heterocycles. The number of H-pyrrole nitrogens is 1. The van der Waals surface area contributed by atoms with Gasteiger partial charge in [0.05, 0.1) is 5.39 Å². The Bertz CT molecular complexity index is 706. The highest BCUT2D eigenvalue weighted by molar-refractivity contribution is 6.28. The van der Waals surface area contributed by atoms with Crippen molar-refractivity contribution in [2.75, 3.05) is 5.32 Å². The number of benzene rings is 1. The van der Waals surface area contributed by atoms with E-state index in [2.05, 4.69) is 32.4 Å². The number of aromatic amines is 1. The molecule has 0 aliphatic heterocycles. The number of hydrogen-bond donors (Lipinski definition) is 2. The molecule has 0 aliphatic carbocycles. The van der Waals surface area contributed by atoms with Crippen LogP contribution in [0.4, 0.5) is 5.82 Å². The van der Waals surface area contributed by atoms with E-state index in [0.29, 0.717) is 6.54 Å². The Labute approximate surface area is 115 Å². The van der Waals surface area contributed by atoms with Crippen LogP contribution in [-0.2, 0) is 6.54 Å². The fourth-order valence-electron chi connectivity index (χ4n) is 2.03. The van der Waals surface area contributed by atoms with E-state index in [1.807, 2.05) is 31.2 Å². The van der Waals surface area contributed by atoms with E-state index in [0.717, 1.165) is 22.5 Å². The van der Waals surface area contributed by atoms with Gasteiger partial charge in [-0.3, -0.25) is 0 Å². The van der Waals surface area contributed by atoms with Gasteiger partial charge < -0.3 is 10.3 Å². The van der Waals surface area contributed by atoms with E-state index in [9.17, 15) is 0 Å². The lowest BCUT2D eigenvalue weighted by molar-refractivity contribution is 1.10. The van der Waals surface area contributed by atoms with Gasteiger partial charge in [-0.15, -0.1) is 0 Å². The number of nitrogens with zero attached hydrogens (tertiary/aromatic N) is 2. The first-order valence-electron chi connectivity index (χ1n) is 6.03. The zero-order valence-corrected chi connectivity index (χ0v) is 11.2. The summed E-state index contributed by atoms with van der Waals surface area (Å²) in [6, 6.07) is 12.2. The van der Waals surface area contributed by atoms with Crippen molar-refractivity contribution in [2.45, 2.75) is 13.5 Å². The average molecular weight is 273 g/mol. The molecule has 3 aromatic rings. The monoisotopic (exact) mass is 272 g/mol. The zero-order chi connectivity index (χ0) is 13.2. The van der Waals surface area contributed by atoms with Gasteiger partial charge in [0.1, 0.15) is 11.5 Å². The fourth-order valence-corrected chi connectivity index (χ4v) is 2.20. The van der Waals surface area contributed by atoms with Crippen LogP contribution in [0.5, 0.6) is 0 Å². The molecule has 0 unspecified atom stereocenters. The number of hydrogen-bond acceptors (Lipinski definition) is 3. The van der Waals surface area contributed by atoms with Gasteiger partial charge in [0.25, 0.3) is 0 Å². The molecule has 0 spiro atoms. The first-order valence-corrected chi connectivity index (χ1v) is 6.41. The number of aryl methyl sites for hydroxylation is 1. The maximum absolute atomic E-state index is 5.93. The second-order valence-corrected chi connectivity index (χ2v) is 4.73. The van der Waals surface area contributed by atoms with E-state index < -0.39 is 0 Å². The third kappa shape index (κ3) is 2.53. The highest BCUT2D eigenvalue weighted by Crippen LogP contribution is 2.23. The van der Waals surface area contributed by atoms with Crippen LogP contribution in [0.15, 0.2) is 36.4 Å². The molecule has 0 saturated carbocycles. The van der Waals surface area contributed by atoms with Crippen molar-refractivity contribution in [1.29, 1.82) is 0 Å². The minimum Gasteiger partial charge on any atom is -0.365 e. The summed E-state index contributed by atoms with van der Waals surface area (Å²) in [4.78, 5) is 11.6. The Morgan fingerprint density at radius 3 is 2.79 bits per heavy atom. The van der Waals surface area contributed by atoms with Gasteiger partial charge in [0.15, 0.2) is 0 Å². The summed E-state index contributed by atoms with van der Waals surface area (Å²) >= 11 is 5.93. The first kappa shape index (κ1) is 12.0. The molecule has 0 amide bonds. The second kappa shape index (κ2) is 4.90. The topological polar surface area (TPSA) is 53.6 Å². The lowest BCUT2D eigenvalue weighted by atomic mass is 10.2. The third-order valence-electron chi connectivity index (χ3n) is 2.90. The van der Waals surface area contributed by atoms with Gasteiger partial charge in [-0.2, -0.15) is 4.98 Å². The Kier molecular flexibility index (Phi) is 3.09.